The number of para-hydroxylation sites is 1. The molecular formula is C12H18N2O4. The van der Waals surface area contributed by atoms with Crippen molar-refractivity contribution in [1.82, 2.24) is 0 Å². The predicted molar refractivity (Wildman–Crippen MR) is 69.0 cm³/mol. The van der Waals surface area contributed by atoms with Crippen LogP contribution in [0.5, 0.6) is 5.75 Å². The van der Waals surface area contributed by atoms with E-state index in [2.05, 4.69) is 5.32 Å². The van der Waals surface area contributed by atoms with Crippen LogP contribution >= 0.6 is 0 Å². The molecule has 0 fully saturated rings. The summed E-state index contributed by atoms with van der Waals surface area (Å²) in [4.78, 5) is 10.6. The molecule has 0 heterocycles. The maximum absolute atomic E-state index is 11.1. The molecule has 0 aliphatic rings. The number of rotatable bonds is 6. The number of hydrogen-bond donors (Lipinski definition) is 2. The van der Waals surface area contributed by atoms with Crippen LogP contribution in [0.25, 0.3) is 0 Å². The average Bonchev–Trinajstić information content (AvgIpc) is 2.27. The normalized spacial score (nSPS) is 12.3. The van der Waals surface area contributed by atoms with Crippen molar-refractivity contribution in [3.63, 3.8) is 0 Å². The highest BCUT2D eigenvalue weighted by molar-refractivity contribution is 5.68. The van der Waals surface area contributed by atoms with E-state index in [-0.39, 0.29) is 30.2 Å². The van der Waals surface area contributed by atoms with Crippen molar-refractivity contribution in [1.29, 1.82) is 0 Å². The fourth-order valence-corrected chi connectivity index (χ4v) is 1.49. The Hall–Kier alpha value is -1.82. The first kappa shape index (κ1) is 14.2. The van der Waals surface area contributed by atoms with Gasteiger partial charge in [0.1, 0.15) is 5.69 Å². The maximum atomic E-state index is 11.1. The number of benzene rings is 1. The average molecular weight is 254 g/mol. The minimum atomic E-state index is -0.482. The van der Waals surface area contributed by atoms with Crippen LogP contribution in [0.15, 0.2) is 18.2 Å². The van der Waals surface area contributed by atoms with E-state index in [4.69, 9.17) is 9.84 Å². The van der Waals surface area contributed by atoms with Crippen LogP contribution in [0.1, 0.15) is 20.8 Å². The Morgan fingerprint density at radius 2 is 2.11 bits per heavy atom. The second kappa shape index (κ2) is 6.20. The lowest BCUT2D eigenvalue weighted by Gasteiger charge is -2.15. The molecule has 0 saturated carbocycles. The summed E-state index contributed by atoms with van der Waals surface area (Å²) in [7, 11) is 0. The Balaban J connectivity index is 3.13. The van der Waals surface area contributed by atoms with Gasteiger partial charge in [0.25, 0.3) is 0 Å². The number of hydrogen-bond acceptors (Lipinski definition) is 5. The van der Waals surface area contributed by atoms with Gasteiger partial charge in [-0.1, -0.05) is 6.07 Å². The Kier molecular flexibility index (Phi) is 4.91. The fraction of sp³-hybridized carbons (Fsp3) is 0.500. The molecule has 6 nitrogen and oxygen atoms in total. The molecule has 0 radical (unpaired) electrons. The van der Waals surface area contributed by atoms with Crippen molar-refractivity contribution in [3.8, 4) is 5.75 Å². The summed E-state index contributed by atoms with van der Waals surface area (Å²) < 4.78 is 5.42. The molecule has 18 heavy (non-hydrogen) atoms. The summed E-state index contributed by atoms with van der Waals surface area (Å²) in [6.45, 7) is 5.24. The number of ether oxygens (including phenoxy) is 1. The fourth-order valence-electron chi connectivity index (χ4n) is 1.49. The SMILES string of the molecule is CC(CO)Nc1cccc(OC(C)C)c1[N+](=O)[O-]. The lowest BCUT2D eigenvalue weighted by Crippen LogP contribution is -2.20. The summed E-state index contributed by atoms with van der Waals surface area (Å²) in [5.74, 6) is 0.227. The Bertz CT molecular complexity index is 421. The highest BCUT2D eigenvalue weighted by Gasteiger charge is 2.22. The second-order valence-corrected chi connectivity index (χ2v) is 4.30. The zero-order chi connectivity index (χ0) is 13.7. The van der Waals surface area contributed by atoms with Crippen molar-refractivity contribution >= 4 is 11.4 Å². The molecule has 1 aromatic rings. The molecule has 100 valence electrons. The maximum Gasteiger partial charge on any atom is 0.333 e. The van der Waals surface area contributed by atoms with Crippen molar-refractivity contribution in [2.45, 2.75) is 32.9 Å². The van der Waals surface area contributed by atoms with Gasteiger partial charge in [-0.3, -0.25) is 10.1 Å². The van der Waals surface area contributed by atoms with Crippen molar-refractivity contribution < 1.29 is 14.8 Å². The van der Waals surface area contributed by atoms with E-state index in [1.165, 1.54) is 0 Å². The molecule has 0 bridgehead atoms. The third kappa shape index (κ3) is 3.59. The molecule has 0 saturated heterocycles. The number of aliphatic hydroxyl groups is 1. The summed E-state index contributed by atoms with van der Waals surface area (Å²) >= 11 is 0. The van der Waals surface area contributed by atoms with E-state index in [9.17, 15) is 10.1 Å². The molecule has 6 heteroatoms. The summed E-state index contributed by atoms with van der Waals surface area (Å²) in [5, 5.41) is 23.0. The highest BCUT2D eigenvalue weighted by atomic mass is 16.6. The van der Waals surface area contributed by atoms with Crippen molar-refractivity contribution in [2.75, 3.05) is 11.9 Å². The zero-order valence-electron chi connectivity index (χ0n) is 10.7. The Morgan fingerprint density at radius 3 is 2.61 bits per heavy atom. The quantitative estimate of drug-likeness (QED) is 0.600. The first-order valence-corrected chi connectivity index (χ1v) is 5.77. The van der Waals surface area contributed by atoms with E-state index >= 15 is 0 Å². The predicted octanol–water partition coefficient (Wildman–Crippen LogP) is 2.17. The van der Waals surface area contributed by atoms with Gasteiger partial charge in [0.05, 0.1) is 17.6 Å². The van der Waals surface area contributed by atoms with Gasteiger partial charge in [-0.05, 0) is 32.9 Å². The molecule has 0 aliphatic heterocycles. The molecule has 0 aliphatic carbocycles. The summed E-state index contributed by atoms with van der Waals surface area (Å²) in [6, 6.07) is 4.57. The number of nitrogens with zero attached hydrogens (tertiary/aromatic N) is 1. The number of nitro benzene ring substituents is 1. The second-order valence-electron chi connectivity index (χ2n) is 4.30. The summed E-state index contributed by atoms with van der Waals surface area (Å²) in [5.41, 5.74) is 0.242. The first-order chi connectivity index (χ1) is 8.45. The number of anilines is 1. The lowest BCUT2D eigenvalue weighted by atomic mass is 10.2. The molecule has 1 unspecified atom stereocenters. The zero-order valence-corrected chi connectivity index (χ0v) is 10.7. The first-order valence-electron chi connectivity index (χ1n) is 5.77. The van der Waals surface area contributed by atoms with Crippen LogP contribution in [0.2, 0.25) is 0 Å². The minimum absolute atomic E-state index is 0.105. The van der Waals surface area contributed by atoms with E-state index < -0.39 is 4.92 Å². The smallest absolute Gasteiger partial charge is 0.333 e. The van der Waals surface area contributed by atoms with Gasteiger partial charge in [0.15, 0.2) is 5.75 Å². The van der Waals surface area contributed by atoms with Gasteiger partial charge >= 0.3 is 5.69 Å². The van der Waals surface area contributed by atoms with Gasteiger partial charge in [-0.25, -0.2) is 0 Å². The van der Waals surface area contributed by atoms with Gasteiger partial charge in [-0.2, -0.15) is 0 Å². The molecule has 0 spiro atoms. The van der Waals surface area contributed by atoms with E-state index in [1.807, 2.05) is 0 Å². The van der Waals surface area contributed by atoms with Crippen molar-refractivity contribution in [2.24, 2.45) is 0 Å². The largest absolute Gasteiger partial charge is 0.484 e. The topological polar surface area (TPSA) is 84.6 Å². The van der Waals surface area contributed by atoms with Gasteiger partial charge in [0, 0.05) is 6.04 Å². The van der Waals surface area contributed by atoms with Gasteiger partial charge in [-0.15, -0.1) is 0 Å². The Morgan fingerprint density at radius 1 is 1.44 bits per heavy atom. The van der Waals surface area contributed by atoms with Crippen LogP contribution < -0.4 is 10.1 Å². The van der Waals surface area contributed by atoms with Crippen LogP contribution in [-0.4, -0.2) is 28.8 Å². The van der Waals surface area contributed by atoms with Crippen LogP contribution in [0.3, 0.4) is 0 Å². The number of nitrogens with one attached hydrogen (secondary N) is 1. The lowest BCUT2D eigenvalue weighted by molar-refractivity contribution is -0.385. The molecule has 0 aromatic heterocycles. The monoisotopic (exact) mass is 254 g/mol. The third-order valence-corrected chi connectivity index (χ3v) is 2.22. The summed E-state index contributed by atoms with van der Waals surface area (Å²) in [6.07, 6.45) is -0.144. The van der Waals surface area contributed by atoms with Crippen LogP contribution in [0, 0.1) is 10.1 Å². The molecule has 0 amide bonds. The van der Waals surface area contributed by atoms with Crippen molar-refractivity contribution in [3.05, 3.63) is 28.3 Å². The van der Waals surface area contributed by atoms with Crippen LogP contribution in [0.4, 0.5) is 11.4 Å². The third-order valence-electron chi connectivity index (χ3n) is 2.22. The molecule has 2 N–H and O–H groups in total. The molecule has 1 atom stereocenters. The van der Waals surface area contributed by atoms with Gasteiger partial charge < -0.3 is 15.2 Å². The van der Waals surface area contributed by atoms with Crippen LogP contribution in [-0.2, 0) is 0 Å². The number of nitro groups is 1. The highest BCUT2D eigenvalue weighted by Crippen LogP contribution is 2.35. The van der Waals surface area contributed by atoms with Gasteiger partial charge in [0.2, 0.25) is 0 Å². The van der Waals surface area contributed by atoms with E-state index in [0.717, 1.165) is 0 Å². The number of aliphatic hydroxyl groups excluding tert-OH is 1. The molecule has 1 aromatic carbocycles. The van der Waals surface area contributed by atoms with E-state index in [0.29, 0.717) is 5.69 Å². The molecule has 1 rings (SSSR count). The Labute approximate surface area is 106 Å². The standard InChI is InChI=1S/C12H18N2O4/c1-8(2)18-11-6-4-5-10(12(11)14(16)17)13-9(3)7-15/h4-6,8-9,13,15H,7H2,1-3H3. The minimum Gasteiger partial charge on any atom is -0.484 e. The molecular weight excluding hydrogens is 236 g/mol. The van der Waals surface area contributed by atoms with E-state index in [1.54, 1.807) is 39.0 Å².